The van der Waals surface area contributed by atoms with Crippen LogP contribution in [0.15, 0.2) is 6.20 Å². The maximum absolute atomic E-state index is 6.26. The molecule has 2 aromatic heterocycles. The van der Waals surface area contributed by atoms with Gasteiger partial charge in [0, 0.05) is 24.5 Å². The Bertz CT molecular complexity index is 564. The van der Waals surface area contributed by atoms with E-state index in [4.69, 9.17) is 11.6 Å². The highest BCUT2D eigenvalue weighted by molar-refractivity contribution is 6.30. The molecule has 0 spiro atoms. The number of nitrogens with zero attached hydrogens (tertiary/aromatic N) is 4. The van der Waals surface area contributed by atoms with Gasteiger partial charge in [-0.25, -0.2) is 9.97 Å². The number of halogens is 1. The second kappa shape index (κ2) is 4.69. The molecule has 2 aromatic rings. The van der Waals surface area contributed by atoms with Gasteiger partial charge in [0.15, 0.2) is 5.82 Å². The third kappa shape index (κ3) is 2.25. The molecule has 0 fully saturated rings. The lowest BCUT2D eigenvalue weighted by Gasteiger charge is -2.11. The molecular formula is C13H17ClN4. The zero-order valence-corrected chi connectivity index (χ0v) is 12.1. The van der Waals surface area contributed by atoms with Crippen LogP contribution in [0.5, 0.6) is 0 Å². The first-order valence-electron chi connectivity index (χ1n) is 5.94. The average Bonchev–Trinajstić information content (AvgIpc) is 2.56. The average molecular weight is 265 g/mol. The first-order valence-corrected chi connectivity index (χ1v) is 6.32. The maximum atomic E-state index is 6.26. The second-order valence-corrected chi connectivity index (χ2v) is 5.15. The molecule has 18 heavy (non-hydrogen) atoms. The Kier molecular flexibility index (Phi) is 3.39. The first-order chi connectivity index (χ1) is 8.40. The third-order valence-electron chi connectivity index (χ3n) is 2.92. The van der Waals surface area contributed by atoms with E-state index in [1.165, 1.54) is 0 Å². The van der Waals surface area contributed by atoms with Crippen molar-refractivity contribution >= 4 is 11.6 Å². The number of rotatable bonds is 2. The molecule has 0 bridgehead atoms. The number of aromatic nitrogens is 4. The van der Waals surface area contributed by atoms with E-state index in [9.17, 15) is 0 Å². The summed E-state index contributed by atoms with van der Waals surface area (Å²) in [5, 5.41) is 4.84. The van der Waals surface area contributed by atoms with Crippen molar-refractivity contribution in [3.05, 3.63) is 28.3 Å². The molecule has 0 unspecified atom stereocenters. The van der Waals surface area contributed by atoms with Gasteiger partial charge in [0.1, 0.15) is 5.15 Å². The van der Waals surface area contributed by atoms with E-state index in [1.54, 1.807) is 4.68 Å². The van der Waals surface area contributed by atoms with Crippen molar-refractivity contribution in [2.45, 2.75) is 33.6 Å². The van der Waals surface area contributed by atoms with Crippen molar-refractivity contribution in [3.8, 4) is 11.4 Å². The lowest BCUT2D eigenvalue weighted by molar-refractivity contribution is 0.756. The predicted molar refractivity (Wildman–Crippen MR) is 72.8 cm³/mol. The van der Waals surface area contributed by atoms with Gasteiger partial charge < -0.3 is 0 Å². The Morgan fingerprint density at radius 1 is 1.17 bits per heavy atom. The van der Waals surface area contributed by atoms with Gasteiger partial charge in [0.25, 0.3) is 0 Å². The minimum atomic E-state index is 0.321. The molecule has 0 radical (unpaired) electrons. The Labute approximate surface area is 112 Å². The highest BCUT2D eigenvalue weighted by Crippen LogP contribution is 2.28. The van der Waals surface area contributed by atoms with Crippen LogP contribution in [0.3, 0.4) is 0 Å². The normalized spacial score (nSPS) is 11.3. The van der Waals surface area contributed by atoms with Gasteiger partial charge in [0.05, 0.1) is 11.3 Å². The van der Waals surface area contributed by atoms with E-state index in [1.807, 2.05) is 27.1 Å². The molecule has 2 rings (SSSR count). The molecule has 4 nitrogen and oxygen atoms in total. The van der Waals surface area contributed by atoms with Crippen molar-refractivity contribution in [1.29, 1.82) is 0 Å². The molecule has 0 atom stereocenters. The van der Waals surface area contributed by atoms with Crippen molar-refractivity contribution in [2.24, 2.45) is 7.05 Å². The van der Waals surface area contributed by atoms with Crippen LogP contribution in [0.2, 0.25) is 5.15 Å². The van der Waals surface area contributed by atoms with Crippen LogP contribution in [0, 0.1) is 13.8 Å². The minimum Gasteiger partial charge on any atom is -0.275 e. The lowest BCUT2D eigenvalue weighted by atomic mass is 10.0. The SMILES string of the molecule is Cc1nn(C)cc1-c1nc(C)c(C(C)C)c(Cl)n1. The fraction of sp³-hybridized carbons (Fsp3) is 0.462. The largest absolute Gasteiger partial charge is 0.275 e. The third-order valence-corrected chi connectivity index (χ3v) is 3.21. The van der Waals surface area contributed by atoms with E-state index < -0.39 is 0 Å². The number of aryl methyl sites for hydroxylation is 3. The summed E-state index contributed by atoms with van der Waals surface area (Å²) in [6, 6.07) is 0. The van der Waals surface area contributed by atoms with Crippen molar-refractivity contribution in [1.82, 2.24) is 19.7 Å². The second-order valence-electron chi connectivity index (χ2n) is 4.79. The summed E-state index contributed by atoms with van der Waals surface area (Å²) in [6.07, 6.45) is 1.91. The quantitative estimate of drug-likeness (QED) is 0.782. The summed E-state index contributed by atoms with van der Waals surface area (Å²) < 4.78 is 1.76. The van der Waals surface area contributed by atoms with Crippen LogP contribution in [-0.2, 0) is 7.05 Å². The Balaban J connectivity index is 2.58. The van der Waals surface area contributed by atoms with Gasteiger partial charge in [-0.15, -0.1) is 0 Å². The topological polar surface area (TPSA) is 43.6 Å². The molecule has 0 aliphatic carbocycles. The lowest BCUT2D eigenvalue weighted by Crippen LogP contribution is -2.02. The van der Waals surface area contributed by atoms with Gasteiger partial charge in [-0.05, 0) is 19.8 Å². The summed E-state index contributed by atoms with van der Waals surface area (Å²) in [7, 11) is 1.88. The van der Waals surface area contributed by atoms with Crippen LogP contribution in [0.1, 0.15) is 36.7 Å². The highest BCUT2D eigenvalue weighted by atomic mass is 35.5. The summed E-state index contributed by atoms with van der Waals surface area (Å²) in [5.41, 5.74) is 3.79. The van der Waals surface area contributed by atoms with E-state index >= 15 is 0 Å². The highest BCUT2D eigenvalue weighted by Gasteiger charge is 2.16. The number of hydrogen-bond acceptors (Lipinski definition) is 3. The fourth-order valence-corrected chi connectivity index (χ4v) is 2.58. The van der Waals surface area contributed by atoms with E-state index in [2.05, 4.69) is 28.9 Å². The molecular weight excluding hydrogens is 248 g/mol. The molecule has 0 aromatic carbocycles. The molecule has 2 heterocycles. The van der Waals surface area contributed by atoms with Gasteiger partial charge in [0.2, 0.25) is 0 Å². The zero-order valence-electron chi connectivity index (χ0n) is 11.3. The predicted octanol–water partition coefficient (Wildman–Crippen LogP) is 3.27. The molecule has 0 saturated heterocycles. The first kappa shape index (κ1) is 13.0. The molecule has 96 valence electrons. The Morgan fingerprint density at radius 2 is 1.83 bits per heavy atom. The van der Waals surface area contributed by atoms with Crippen LogP contribution in [0.4, 0.5) is 0 Å². The van der Waals surface area contributed by atoms with Gasteiger partial charge >= 0.3 is 0 Å². The monoisotopic (exact) mass is 264 g/mol. The van der Waals surface area contributed by atoms with E-state index in [-0.39, 0.29) is 0 Å². The van der Waals surface area contributed by atoms with Gasteiger partial charge in [-0.1, -0.05) is 25.4 Å². The van der Waals surface area contributed by atoms with Gasteiger partial charge in [-0.2, -0.15) is 5.10 Å². The van der Waals surface area contributed by atoms with Crippen molar-refractivity contribution in [3.63, 3.8) is 0 Å². The smallest absolute Gasteiger partial charge is 0.164 e. The Hall–Kier alpha value is -1.42. The number of hydrogen-bond donors (Lipinski definition) is 0. The fourth-order valence-electron chi connectivity index (χ4n) is 2.14. The minimum absolute atomic E-state index is 0.321. The maximum Gasteiger partial charge on any atom is 0.164 e. The van der Waals surface area contributed by atoms with Crippen LogP contribution < -0.4 is 0 Å². The van der Waals surface area contributed by atoms with Crippen LogP contribution in [-0.4, -0.2) is 19.7 Å². The Morgan fingerprint density at radius 3 is 2.28 bits per heavy atom. The standard InChI is InChI=1S/C13H17ClN4/c1-7(2)11-9(4)15-13(16-12(11)14)10-6-18(5)17-8(10)3/h6-7H,1-5H3. The molecule has 0 amide bonds. The van der Waals surface area contributed by atoms with Crippen LogP contribution >= 0.6 is 11.6 Å². The van der Waals surface area contributed by atoms with E-state index in [0.29, 0.717) is 16.9 Å². The zero-order chi connectivity index (χ0) is 13.4. The summed E-state index contributed by atoms with van der Waals surface area (Å²) >= 11 is 6.26. The summed E-state index contributed by atoms with van der Waals surface area (Å²) in [5.74, 6) is 0.967. The summed E-state index contributed by atoms with van der Waals surface area (Å²) in [4.78, 5) is 8.95. The summed E-state index contributed by atoms with van der Waals surface area (Å²) in [6.45, 7) is 8.09. The van der Waals surface area contributed by atoms with Crippen molar-refractivity contribution in [2.75, 3.05) is 0 Å². The molecule has 0 aliphatic rings. The molecule has 0 aliphatic heterocycles. The van der Waals surface area contributed by atoms with Crippen LogP contribution in [0.25, 0.3) is 11.4 Å². The van der Waals surface area contributed by atoms with Crippen molar-refractivity contribution < 1.29 is 0 Å². The molecule has 5 heteroatoms. The van der Waals surface area contributed by atoms with E-state index in [0.717, 1.165) is 22.5 Å². The molecule has 0 saturated carbocycles. The van der Waals surface area contributed by atoms with Gasteiger partial charge in [-0.3, -0.25) is 4.68 Å². The molecule has 0 N–H and O–H groups in total.